The molecular weight excluding hydrogens is 356 g/mol. The molecule has 0 atom stereocenters. The SMILES string of the molecule is CCOc1ccccc1NC(=O)N1CCc2[nH]n(-c3ccccc3)c(=O)c2C1. The van der Waals surface area contributed by atoms with Crippen molar-refractivity contribution in [1.82, 2.24) is 14.7 Å². The van der Waals surface area contributed by atoms with E-state index in [1.54, 1.807) is 11.0 Å². The fourth-order valence-corrected chi connectivity index (χ4v) is 3.38. The van der Waals surface area contributed by atoms with Crippen molar-refractivity contribution in [2.75, 3.05) is 18.5 Å². The number of fused-ring (bicyclic) bond motifs is 1. The number of aromatic nitrogens is 2. The third kappa shape index (κ3) is 3.38. The first-order valence-electron chi connectivity index (χ1n) is 9.33. The first-order valence-corrected chi connectivity index (χ1v) is 9.33. The summed E-state index contributed by atoms with van der Waals surface area (Å²) in [5, 5.41) is 6.08. The number of ether oxygens (including phenoxy) is 1. The van der Waals surface area contributed by atoms with E-state index in [1.807, 2.05) is 55.5 Å². The summed E-state index contributed by atoms with van der Waals surface area (Å²) in [7, 11) is 0. The van der Waals surface area contributed by atoms with Crippen molar-refractivity contribution in [2.24, 2.45) is 0 Å². The number of urea groups is 1. The van der Waals surface area contributed by atoms with E-state index in [2.05, 4.69) is 10.4 Å². The number of carbonyl (C=O) groups is 1. The Labute approximate surface area is 162 Å². The van der Waals surface area contributed by atoms with Crippen LogP contribution in [-0.2, 0) is 13.0 Å². The molecule has 0 saturated heterocycles. The van der Waals surface area contributed by atoms with Gasteiger partial charge in [-0.1, -0.05) is 30.3 Å². The van der Waals surface area contributed by atoms with E-state index in [0.29, 0.717) is 36.6 Å². The topological polar surface area (TPSA) is 79.4 Å². The molecule has 28 heavy (non-hydrogen) atoms. The van der Waals surface area contributed by atoms with Gasteiger partial charge in [0.05, 0.1) is 30.1 Å². The highest BCUT2D eigenvalue weighted by atomic mass is 16.5. The normalized spacial score (nSPS) is 13.1. The average molecular weight is 378 g/mol. The number of H-pyrrole nitrogens is 1. The number of hydrogen-bond acceptors (Lipinski definition) is 3. The van der Waals surface area contributed by atoms with Crippen LogP contribution in [0.5, 0.6) is 5.75 Å². The molecule has 0 spiro atoms. The van der Waals surface area contributed by atoms with Crippen molar-refractivity contribution in [3.8, 4) is 11.4 Å². The molecular formula is C21H22N4O3. The van der Waals surface area contributed by atoms with Gasteiger partial charge < -0.3 is 15.0 Å². The first kappa shape index (κ1) is 17.9. The van der Waals surface area contributed by atoms with Crippen LogP contribution in [0.15, 0.2) is 59.4 Å². The van der Waals surface area contributed by atoms with E-state index >= 15 is 0 Å². The van der Waals surface area contributed by atoms with Crippen molar-refractivity contribution >= 4 is 11.7 Å². The molecule has 0 radical (unpaired) electrons. The van der Waals surface area contributed by atoms with E-state index in [0.717, 1.165) is 11.4 Å². The smallest absolute Gasteiger partial charge is 0.322 e. The molecule has 4 rings (SSSR count). The Hall–Kier alpha value is -3.48. The number of rotatable bonds is 4. The van der Waals surface area contributed by atoms with Gasteiger partial charge in [0.15, 0.2) is 0 Å². The lowest BCUT2D eigenvalue weighted by Crippen LogP contribution is -2.40. The summed E-state index contributed by atoms with van der Waals surface area (Å²) in [6, 6.07) is 16.5. The maximum atomic E-state index is 12.8. The standard InChI is InChI=1S/C21H22N4O3/c1-2-28-19-11-7-6-10-18(19)22-21(27)24-13-12-17-16(14-24)20(26)25(23-17)15-8-4-3-5-9-15/h3-11,23H,2,12-14H2,1H3,(H,22,27). The number of carbonyl (C=O) groups excluding carboxylic acids is 1. The Kier molecular flexibility index (Phi) is 4.89. The molecule has 2 heterocycles. The second-order valence-corrected chi connectivity index (χ2v) is 6.58. The first-order chi connectivity index (χ1) is 13.7. The molecule has 0 bridgehead atoms. The Morgan fingerprint density at radius 3 is 2.68 bits per heavy atom. The molecule has 0 aliphatic carbocycles. The summed E-state index contributed by atoms with van der Waals surface area (Å²) < 4.78 is 7.10. The number of anilines is 1. The van der Waals surface area contributed by atoms with Gasteiger partial charge >= 0.3 is 6.03 Å². The van der Waals surface area contributed by atoms with E-state index in [-0.39, 0.29) is 18.1 Å². The molecule has 1 aromatic heterocycles. The van der Waals surface area contributed by atoms with Gasteiger partial charge in [-0.2, -0.15) is 0 Å². The second kappa shape index (κ2) is 7.64. The molecule has 144 valence electrons. The molecule has 2 amide bonds. The number of nitrogens with one attached hydrogen (secondary N) is 2. The van der Waals surface area contributed by atoms with E-state index in [1.165, 1.54) is 4.68 Å². The molecule has 7 nitrogen and oxygen atoms in total. The fourth-order valence-electron chi connectivity index (χ4n) is 3.38. The zero-order chi connectivity index (χ0) is 19.5. The predicted octanol–water partition coefficient (Wildman–Crippen LogP) is 3.15. The van der Waals surface area contributed by atoms with Crippen molar-refractivity contribution < 1.29 is 9.53 Å². The minimum absolute atomic E-state index is 0.117. The minimum Gasteiger partial charge on any atom is -0.492 e. The Morgan fingerprint density at radius 1 is 1.14 bits per heavy atom. The summed E-state index contributed by atoms with van der Waals surface area (Å²) in [4.78, 5) is 27.2. The van der Waals surface area contributed by atoms with Crippen LogP contribution in [0, 0.1) is 0 Å². The van der Waals surface area contributed by atoms with Gasteiger partial charge in [-0.25, -0.2) is 9.48 Å². The van der Waals surface area contributed by atoms with Crippen LogP contribution < -0.4 is 15.6 Å². The van der Waals surface area contributed by atoms with E-state index in [9.17, 15) is 9.59 Å². The largest absolute Gasteiger partial charge is 0.492 e. The molecule has 0 saturated carbocycles. The number of aromatic amines is 1. The molecule has 2 N–H and O–H groups in total. The number of nitrogens with zero attached hydrogens (tertiary/aromatic N) is 2. The van der Waals surface area contributed by atoms with Gasteiger partial charge in [-0.15, -0.1) is 0 Å². The minimum atomic E-state index is -0.246. The van der Waals surface area contributed by atoms with Gasteiger partial charge in [0, 0.05) is 18.7 Å². The molecule has 0 unspecified atom stereocenters. The van der Waals surface area contributed by atoms with Crippen LogP contribution in [0.3, 0.4) is 0 Å². The summed E-state index contributed by atoms with van der Waals surface area (Å²) in [5.74, 6) is 0.629. The molecule has 0 fully saturated rings. The van der Waals surface area contributed by atoms with Crippen molar-refractivity contribution in [1.29, 1.82) is 0 Å². The van der Waals surface area contributed by atoms with Crippen molar-refractivity contribution in [3.63, 3.8) is 0 Å². The van der Waals surface area contributed by atoms with Gasteiger partial charge in [-0.3, -0.25) is 9.89 Å². The number of amides is 2. The Balaban J connectivity index is 1.54. The van der Waals surface area contributed by atoms with Crippen molar-refractivity contribution in [3.05, 3.63) is 76.2 Å². The highest BCUT2D eigenvalue weighted by Crippen LogP contribution is 2.25. The summed E-state index contributed by atoms with van der Waals surface area (Å²) in [6.07, 6.45) is 0.602. The average Bonchev–Trinajstić information content (AvgIpc) is 3.06. The zero-order valence-electron chi connectivity index (χ0n) is 15.6. The van der Waals surface area contributed by atoms with Crippen LogP contribution >= 0.6 is 0 Å². The summed E-state index contributed by atoms with van der Waals surface area (Å²) in [6.45, 7) is 3.22. The molecule has 1 aliphatic heterocycles. The maximum absolute atomic E-state index is 12.8. The molecule has 3 aromatic rings. The monoisotopic (exact) mass is 378 g/mol. The third-order valence-electron chi connectivity index (χ3n) is 4.78. The maximum Gasteiger partial charge on any atom is 0.322 e. The van der Waals surface area contributed by atoms with Crippen LogP contribution in [0.4, 0.5) is 10.5 Å². The lowest BCUT2D eigenvalue weighted by atomic mass is 10.1. The van der Waals surface area contributed by atoms with Crippen LogP contribution in [-0.4, -0.2) is 33.9 Å². The highest BCUT2D eigenvalue weighted by molar-refractivity contribution is 5.91. The molecule has 1 aliphatic rings. The van der Waals surface area contributed by atoms with Crippen LogP contribution in [0.1, 0.15) is 18.2 Å². The Morgan fingerprint density at radius 2 is 1.89 bits per heavy atom. The Bertz CT molecular complexity index is 1040. The van der Waals surface area contributed by atoms with Gasteiger partial charge in [0.25, 0.3) is 5.56 Å². The number of para-hydroxylation sites is 3. The van der Waals surface area contributed by atoms with Crippen LogP contribution in [0.25, 0.3) is 5.69 Å². The molecule has 7 heteroatoms. The number of hydrogen-bond donors (Lipinski definition) is 2. The lowest BCUT2D eigenvalue weighted by molar-refractivity contribution is 0.206. The lowest BCUT2D eigenvalue weighted by Gasteiger charge is -2.26. The third-order valence-corrected chi connectivity index (χ3v) is 4.78. The zero-order valence-corrected chi connectivity index (χ0v) is 15.6. The van der Waals surface area contributed by atoms with Gasteiger partial charge in [0.1, 0.15) is 5.75 Å². The fraction of sp³-hybridized carbons (Fsp3) is 0.238. The summed E-state index contributed by atoms with van der Waals surface area (Å²) in [5.41, 5.74) is 2.80. The predicted molar refractivity (Wildman–Crippen MR) is 107 cm³/mol. The van der Waals surface area contributed by atoms with E-state index in [4.69, 9.17) is 4.74 Å². The van der Waals surface area contributed by atoms with Crippen molar-refractivity contribution in [2.45, 2.75) is 19.9 Å². The molecule has 2 aromatic carbocycles. The van der Waals surface area contributed by atoms with Crippen LogP contribution in [0.2, 0.25) is 0 Å². The summed E-state index contributed by atoms with van der Waals surface area (Å²) >= 11 is 0. The van der Waals surface area contributed by atoms with Gasteiger partial charge in [-0.05, 0) is 31.2 Å². The van der Waals surface area contributed by atoms with Gasteiger partial charge in [0.2, 0.25) is 0 Å². The highest BCUT2D eigenvalue weighted by Gasteiger charge is 2.26. The second-order valence-electron chi connectivity index (χ2n) is 6.58. The number of benzene rings is 2. The quantitative estimate of drug-likeness (QED) is 0.732. The van der Waals surface area contributed by atoms with E-state index < -0.39 is 0 Å².